The topological polar surface area (TPSA) is 77.0 Å². The average Bonchev–Trinajstić information content (AvgIpc) is 3.15. The highest BCUT2D eigenvalue weighted by Crippen LogP contribution is 2.28. The zero-order valence-corrected chi connectivity index (χ0v) is 19.5. The smallest absolute Gasteiger partial charge is 0.355 e. The number of hydrogen-bond acceptors (Lipinski definition) is 4. The Balaban J connectivity index is 0.00000392. The minimum Gasteiger partial charge on any atom is -0.355 e. The van der Waals surface area contributed by atoms with E-state index in [-0.39, 0.29) is 43.1 Å². The Morgan fingerprint density at radius 3 is 2.21 bits per heavy atom. The van der Waals surface area contributed by atoms with Gasteiger partial charge in [0.1, 0.15) is 0 Å². The molecule has 0 aliphatic carbocycles. The molecule has 0 amide bonds. The van der Waals surface area contributed by atoms with E-state index in [9.17, 15) is 21.6 Å². The summed E-state index contributed by atoms with van der Waals surface area (Å²) in [5.74, 6) is 0.602. The third kappa shape index (κ3) is 6.59. The fraction of sp³-hybridized carbons (Fsp3) is 0.938. The van der Waals surface area contributed by atoms with E-state index in [0.29, 0.717) is 29.1 Å². The lowest BCUT2D eigenvalue weighted by atomic mass is 10.1. The molecule has 0 saturated carbocycles. The van der Waals surface area contributed by atoms with E-state index >= 15 is 0 Å². The molecular weight excluding hydrogens is 510 g/mol. The number of nitrogens with zero attached hydrogens (tertiary/aromatic N) is 3. The molecule has 12 heteroatoms. The van der Waals surface area contributed by atoms with Crippen molar-refractivity contribution in [1.82, 2.24) is 19.8 Å². The normalized spacial score (nSPS) is 22.0. The van der Waals surface area contributed by atoms with Crippen LogP contribution in [0.15, 0.2) is 4.99 Å². The second-order valence-corrected chi connectivity index (χ2v) is 8.96. The van der Waals surface area contributed by atoms with Crippen molar-refractivity contribution in [2.75, 3.05) is 39.8 Å². The first-order valence-corrected chi connectivity index (χ1v) is 10.9. The van der Waals surface area contributed by atoms with Crippen LogP contribution in [0.5, 0.6) is 0 Å². The number of alkyl halides is 3. The van der Waals surface area contributed by atoms with E-state index in [0.717, 1.165) is 26.1 Å². The van der Waals surface area contributed by atoms with Crippen molar-refractivity contribution in [3.63, 3.8) is 0 Å². The number of piperidine rings is 1. The molecule has 2 rings (SSSR count). The highest BCUT2D eigenvalue weighted by Gasteiger charge is 2.50. The third-order valence-corrected chi connectivity index (χ3v) is 6.91. The van der Waals surface area contributed by atoms with Gasteiger partial charge >= 0.3 is 15.5 Å². The van der Waals surface area contributed by atoms with Gasteiger partial charge < -0.3 is 10.6 Å². The van der Waals surface area contributed by atoms with Gasteiger partial charge in [-0.25, -0.2) is 8.42 Å². The van der Waals surface area contributed by atoms with E-state index < -0.39 is 15.5 Å². The van der Waals surface area contributed by atoms with E-state index in [4.69, 9.17) is 0 Å². The van der Waals surface area contributed by atoms with Gasteiger partial charge in [-0.05, 0) is 45.2 Å². The van der Waals surface area contributed by atoms with Crippen LogP contribution in [0.1, 0.15) is 39.0 Å². The quantitative estimate of drug-likeness (QED) is 0.306. The number of guanidine groups is 1. The molecule has 2 saturated heterocycles. The number of likely N-dealkylation sites (tertiary alicyclic amines) is 1. The summed E-state index contributed by atoms with van der Waals surface area (Å²) in [4.78, 5) is 6.65. The summed E-state index contributed by atoms with van der Waals surface area (Å²) in [6, 6.07) is 0.313. The van der Waals surface area contributed by atoms with Crippen LogP contribution in [0, 0.1) is 0 Å². The van der Waals surface area contributed by atoms with Crippen LogP contribution in [-0.2, 0) is 10.0 Å². The van der Waals surface area contributed by atoms with Crippen LogP contribution in [0.2, 0.25) is 0 Å². The first-order valence-electron chi connectivity index (χ1n) is 9.46. The van der Waals surface area contributed by atoms with Gasteiger partial charge in [-0.2, -0.15) is 17.5 Å². The summed E-state index contributed by atoms with van der Waals surface area (Å²) >= 11 is 0. The largest absolute Gasteiger partial charge is 0.511 e. The second kappa shape index (κ2) is 11.2. The Kier molecular flexibility index (Phi) is 10.2. The van der Waals surface area contributed by atoms with Crippen LogP contribution in [0.4, 0.5) is 13.2 Å². The predicted molar refractivity (Wildman–Crippen MR) is 114 cm³/mol. The monoisotopic (exact) mass is 541 g/mol. The molecule has 0 radical (unpaired) electrons. The minimum atomic E-state index is -5.24. The summed E-state index contributed by atoms with van der Waals surface area (Å²) < 4.78 is 61.4. The van der Waals surface area contributed by atoms with Crippen molar-refractivity contribution >= 4 is 40.0 Å². The van der Waals surface area contributed by atoms with Gasteiger partial charge in [0.25, 0.3) is 0 Å². The summed E-state index contributed by atoms with van der Waals surface area (Å²) in [7, 11) is -3.59. The van der Waals surface area contributed by atoms with E-state index in [1.807, 2.05) is 0 Å². The SMILES string of the molecule is CCC(CNC(=NC)NC1CCN(S(=O)(=O)C(F)(F)F)CC1)N1CCCC1.I. The van der Waals surface area contributed by atoms with Gasteiger partial charge in [0, 0.05) is 38.8 Å². The molecule has 28 heavy (non-hydrogen) atoms. The van der Waals surface area contributed by atoms with Crippen LogP contribution < -0.4 is 10.6 Å². The van der Waals surface area contributed by atoms with Crippen molar-refractivity contribution in [3.05, 3.63) is 0 Å². The average molecular weight is 541 g/mol. The third-order valence-electron chi connectivity index (χ3n) is 5.28. The molecule has 2 fully saturated rings. The summed E-state index contributed by atoms with van der Waals surface area (Å²) in [5.41, 5.74) is -5.24. The van der Waals surface area contributed by atoms with Crippen molar-refractivity contribution in [2.24, 2.45) is 4.99 Å². The van der Waals surface area contributed by atoms with Crippen LogP contribution in [0.3, 0.4) is 0 Å². The van der Waals surface area contributed by atoms with Gasteiger partial charge in [0.05, 0.1) is 0 Å². The van der Waals surface area contributed by atoms with Gasteiger partial charge in [-0.15, -0.1) is 24.0 Å². The fourth-order valence-corrected chi connectivity index (χ4v) is 4.61. The van der Waals surface area contributed by atoms with Gasteiger partial charge in [0.15, 0.2) is 5.96 Å². The molecule has 2 N–H and O–H groups in total. The maximum atomic E-state index is 12.6. The maximum absolute atomic E-state index is 12.6. The van der Waals surface area contributed by atoms with E-state index in [1.54, 1.807) is 7.05 Å². The molecule has 0 aromatic rings. The number of halogens is 4. The van der Waals surface area contributed by atoms with Crippen LogP contribution >= 0.6 is 24.0 Å². The summed E-state index contributed by atoms with van der Waals surface area (Å²) in [6.07, 6.45) is 4.09. The molecule has 1 atom stereocenters. The Labute approximate surface area is 182 Å². The van der Waals surface area contributed by atoms with Crippen molar-refractivity contribution < 1.29 is 21.6 Å². The standard InChI is InChI=1S/C16H30F3N5O2S.HI/c1-3-14(23-8-4-5-9-23)12-21-15(20-2)22-13-6-10-24(11-7-13)27(25,26)16(17,18)19;/h13-14H,3-12H2,1-2H3,(H2,20,21,22);1H. The molecule has 166 valence electrons. The van der Waals surface area contributed by atoms with Crippen molar-refractivity contribution in [2.45, 2.75) is 56.6 Å². The van der Waals surface area contributed by atoms with E-state index in [1.165, 1.54) is 12.8 Å². The zero-order valence-electron chi connectivity index (χ0n) is 16.3. The molecule has 0 spiro atoms. The minimum absolute atomic E-state index is 0. The van der Waals surface area contributed by atoms with Crippen molar-refractivity contribution in [1.29, 1.82) is 0 Å². The molecule has 2 aliphatic rings. The summed E-state index contributed by atoms with van der Waals surface area (Å²) in [5, 5.41) is 6.50. The maximum Gasteiger partial charge on any atom is 0.511 e. The number of rotatable bonds is 6. The molecular formula is C16H31F3IN5O2S. The first kappa shape index (κ1) is 25.7. The number of sulfonamides is 1. The van der Waals surface area contributed by atoms with E-state index in [2.05, 4.69) is 27.4 Å². The molecule has 1 unspecified atom stereocenters. The Morgan fingerprint density at radius 1 is 1.18 bits per heavy atom. The van der Waals surface area contributed by atoms with Gasteiger partial charge in [-0.3, -0.25) is 9.89 Å². The first-order chi connectivity index (χ1) is 12.7. The lowest BCUT2D eigenvalue weighted by Crippen LogP contribution is -2.53. The number of aliphatic imine (C=N–C) groups is 1. The predicted octanol–water partition coefficient (Wildman–Crippen LogP) is 1.96. The highest BCUT2D eigenvalue weighted by molar-refractivity contribution is 14.0. The fourth-order valence-electron chi connectivity index (χ4n) is 3.63. The molecule has 7 nitrogen and oxygen atoms in total. The Hall–Kier alpha value is -0.340. The molecule has 0 bridgehead atoms. The highest BCUT2D eigenvalue weighted by atomic mass is 127. The lowest BCUT2D eigenvalue weighted by molar-refractivity contribution is -0.0494. The Morgan fingerprint density at radius 2 is 1.75 bits per heavy atom. The zero-order chi connectivity index (χ0) is 20.1. The summed E-state index contributed by atoms with van der Waals surface area (Å²) in [6.45, 7) is 4.82. The second-order valence-electron chi connectivity index (χ2n) is 7.03. The molecule has 2 heterocycles. The number of hydrogen-bond donors (Lipinski definition) is 2. The molecule has 0 aromatic carbocycles. The van der Waals surface area contributed by atoms with Crippen LogP contribution in [-0.4, -0.2) is 80.9 Å². The number of nitrogens with one attached hydrogen (secondary N) is 2. The lowest BCUT2D eigenvalue weighted by Gasteiger charge is -2.33. The van der Waals surface area contributed by atoms with Gasteiger partial charge in [0.2, 0.25) is 0 Å². The Bertz CT molecular complexity index is 604. The van der Waals surface area contributed by atoms with Crippen molar-refractivity contribution in [3.8, 4) is 0 Å². The van der Waals surface area contributed by atoms with Crippen LogP contribution in [0.25, 0.3) is 0 Å². The van der Waals surface area contributed by atoms with Gasteiger partial charge in [-0.1, -0.05) is 6.92 Å². The molecule has 0 aromatic heterocycles. The molecule has 2 aliphatic heterocycles.